The van der Waals surface area contributed by atoms with E-state index < -0.39 is 0 Å². The van der Waals surface area contributed by atoms with Crippen LogP contribution >= 0.6 is 0 Å². The van der Waals surface area contributed by atoms with Crippen molar-refractivity contribution in [1.29, 1.82) is 0 Å². The van der Waals surface area contributed by atoms with Gasteiger partial charge in [-0.05, 0) is 25.8 Å². The average Bonchev–Trinajstić information content (AvgIpc) is 2.34. The van der Waals surface area contributed by atoms with Crippen LogP contribution in [0.25, 0.3) is 0 Å². The van der Waals surface area contributed by atoms with E-state index in [1.54, 1.807) is 0 Å². The van der Waals surface area contributed by atoms with Gasteiger partial charge in [-0.25, -0.2) is 0 Å². The Balaban J connectivity index is 2.24. The third-order valence-electron chi connectivity index (χ3n) is 3.84. The minimum absolute atomic E-state index is 0.846. The Morgan fingerprint density at radius 2 is 1.62 bits per heavy atom. The fourth-order valence-corrected chi connectivity index (χ4v) is 2.71. The van der Waals surface area contributed by atoms with Gasteiger partial charge in [0.05, 0.1) is 0 Å². The average molecular weight is 226 g/mol. The molecule has 0 N–H and O–H groups in total. The van der Waals surface area contributed by atoms with Crippen molar-refractivity contribution in [2.75, 3.05) is 32.7 Å². The first kappa shape index (κ1) is 14.0. The molecule has 0 amide bonds. The molecule has 0 aromatic carbocycles. The van der Waals surface area contributed by atoms with Gasteiger partial charge in [0.1, 0.15) is 0 Å². The largest absolute Gasteiger partial charge is 0.301 e. The molecule has 1 aliphatic heterocycles. The Labute approximate surface area is 102 Å². The summed E-state index contributed by atoms with van der Waals surface area (Å²) in [5.74, 6) is 0. The first-order valence-corrected chi connectivity index (χ1v) is 7.28. The van der Waals surface area contributed by atoms with Crippen molar-refractivity contribution in [1.82, 2.24) is 9.80 Å². The van der Waals surface area contributed by atoms with Gasteiger partial charge in [0.25, 0.3) is 0 Å². The number of unbranched alkanes of at least 4 members (excludes halogenated alkanes) is 1. The summed E-state index contributed by atoms with van der Waals surface area (Å²) < 4.78 is 0. The van der Waals surface area contributed by atoms with Gasteiger partial charge in [-0.1, -0.05) is 33.6 Å². The molecule has 0 bridgehead atoms. The monoisotopic (exact) mass is 226 g/mol. The summed E-state index contributed by atoms with van der Waals surface area (Å²) in [6.07, 6.45) is 6.72. The lowest BCUT2D eigenvalue weighted by atomic mass is 10.1. The van der Waals surface area contributed by atoms with E-state index >= 15 is 0 Å². The van der Waals surface area contributed by atoms with Crippen LogP contribution in [0.4, 0.5) is 0 Å². The van der Waals surface area contributed by atoms with Gasteiger partial charge in [0.15, 0.2) is 0 Å². The molecule has 16 heavy (non-hydrogen) atoms. The van der Waals surface area contributed by atoms with Crippen LogP contribution in [0.15, 0.2) is 0 Å². The van der Waals surface area contributed by atoms with Crippen LogP contribution in [0.5, 0.6) is 0 Å². The Morgan fingerprint density at radius 1 is 0.938 bits per heavy atom. The molecule has 1 unspecified atom stereocenters. The summed E-state index contributed by atoms with van der Waals surface area (Å²) in [6.45, 7) is 13.4. The van der Waals surface area contributed by atoms with Gasteiger partial charge in [0.2, 0.25) is 0 Å². The molecule has 2 heteroatoms. The van der Waals surface area contributed by atoms with E-state index in [0.29, 0.717) is 0 Å². The molecule has 0 spiro atoms. The van der Waals surface area contributed by atoms with Crippen molar-refractivity contribution >= 4 is 0 Å². The van der Waals surface area contributed by atoms with Crippen LogP contribution in [0.3, 0.4) is 0 Å². The van der Waals surface area contributed by atoms with Crippen molar-refractivity contribution in [3.05, 3.63) is 0 Å². The molecule has 1 rings (SSSR count). The minimum Gasteiger partial charge on any atom is -0.301 e. The second-order valence-corrected chi connectivity index (χ2v) is 5.08. The van der Waals surface area contributed by atoms with Crippen molar-refractivity contribution in [3.8, 4) is 0 Å². The van der Waals surface area contributed by atoms with E-state index in [1.807, 2.05) is 0 Å². The molecule has 0 aliphatic carbocycles. The maximum Gasteiger partial charge on any atom is 0.0113 e. The Bertz CT molecular complexity index is 162. The Morgan fingerprint density at radius 3 is 2.12 bits per heavy atom. The van der Waals surface area contributed by atoms with E-state index in [9.17, 15) is 0 Å². The van der Waals surface area contributed by atoms with Crippen LogP contribution in [0.1, 0.15) is 52.9 Å². The molecule has 1 heterocycles. The van der Waals surface area contributed by atoms with E-state index in [1.165, 1.54) is 64.8 Å². The van der Waals surface area contributed by atoms with E-state index in [-0.39, 0.29) is 0 Å². The maximum absolute atomic E-state index is 2.71. The Hall–Kier alpha value is -0.0800. The number of nitrogens with zero attached hydrogens (tertiary/aromatic N) is 2. The quantitative estimate of drug-likeness (QED) is 0.658. The van der Waals surface area contributed by atoms with Crippen molar-refractivity contribution < 1.29 is 0 Å². The molecule has 0 saturated carbocycles. The van der Waals surface area contributed by atoms with Gasteiger partial charge < -0.3 is 4.90 Å². The molecule has 1 fully saturated rings. The number of piperazine rings is 1. The van der Waals surface area contributed by atoms with Crippen molar-refractivity contribution in [2.45, 2.75) is 58.9 Å². The molecule has 1 aliphatic rings. The number of hydrogen-bond acceptors (Lipinski definition) is 2. The SMILES string of the molecule is CCCCN1CCN(C(CC)CCC)CC1. The second kappa shape index (κ2) is 8.08. The van der Waals surface area contributed by atoms with E-state index in [4.69, 9.17) is 0 Å². The molecule has 96 valence electrons. The highest BCUT2D eigenvalue weighted by Gasteiger charge is 2.21. The van der Waals surface area contributed by atoms with Crippen LogP contribution in [-0.4, -0.2) is 48.6 Å². The normalized spacial score (nSPS) is 21.2. The topological polar surface area (TPSA) is 6.48 Å². The lowest BCUT2D eigenvalue weighted by Gasteiger charge is -2.39. The second-order valence-electron chi connectivity index (χ2n) is 5.08. The molecule has 2 nitrogen and oxygen atoms in total. The van der Waals surface area contributed by atoms with Crippen LogP contribution < -0.4 is 0 Å². The van der Waals surface area contributed by atoms with Gasteiger partial charge in [-0.3, -0.25) is 4.90 Å². The van der Waals surface area contributed by atoms with Gasteiger partial charge >= 0.3 is 0 Å². The molecule has 1 saturated heterocycles. The fourth-order valence-electron chi connectivity index (χ4n) is 2.71. The smallest absolute Gasteiger partial charge is 0.0113 e. The summed E-state index contributed by atoms with van der Waals surface area (Å²) in [5, 5.41) is 0. The Kier molecular flexibility index (Phi) is 7.06. The highest BCUT2D eigenvalue weighted by atomic mass is 15.3. The van der Waals surface area contributed by atoms with Crippen molar-refractivity contribution in [2.24, 2.45) is 0 Å². The highest BCUT2D eigenvalue weighted by Crippen LogP contribution is 2.14. The first-order valence-electron chi connectivity index (χ1n) is 7.28. The molecule has 0 aromatic heterocycles. The maximum atomic E-state index is 2.71. The third kappa shape index (κ3) is 4.42. The number of hydrogen-bond donors (Lipinski definition) is 0. The van der Waals surface area contributed by atoms with Crippen LogP contribution in [0.2, 0.25) is 0 Å². The summed E-state index contributed by atoms with van der Waals surface area (Å²) in [7, 11) is 0. The molecule has 0 aromatic rings. The lowest BCUT2D eigenvalue weighted by Crippen LogP contribution is -2.50. The minimum atomic E-state index is 0.846. The first-order chi connectivity index (χ1) is 7.81. The molecule has 0 radical (unpaired) electrons. The zero-order chi connectivity index (χ0) is 11.8. The van der Waals surface area contributed by atoms with Crippen molar-refractivity contribution in [3.63, 3.8) is 0 Å². The number of rotatable bonds is 7. The summed E-state index contributed by atoms with van der Waals surface area (Å²) in [6, 6.07) is 0.846. The predicted molar refractivity (Wildman–Crippen MR) is 71.9 cm³/mol. The fraction of sp³-hybridized carbons (Fsp3) is 1.00. The van der Waals surface area contributed by atoms with Gasteiger partial charge in [-0.15, -0.1) is 0 Å². The lowest BCUT2D eigenvalue weighted by molar-refractivity contribution is 0.0890. The predicted octanol–water partition coefficient (Wildman–Crippen LogP) is 2.98. The summed E-state index contributed by atoms with van der Waals surface area (Å²) in [4.78, 5) is 5.35. The van der Waals surface area contributed by atoms with E-state index in [0.717, 1.165) is 6.04 Å². The molecule has 1 atom stereocenters. The van der Waals surface area contributed by atoms with Crippen LogP contribution in [0, 0.1) is 0 Å². The summed E-state index contributed by atoms with van der Waals surface area (Å²) >= 11 is 0. The molecular formula is C14H30N2. The van der Waals surface area contributed by atoms with Gasteiger partial charge in [-0.2, -0.15) is 0 Å². The molecular weight excluding hydrogens is 196 g/mol. The zero-order valence-electron chi connectivity index (χ0n) is 11.5. The van der Waals surface area contributed by atoms with Gasteiger partial charge in [0, 0.05) is 32.2 Å². The standard InChI is InChI=1S/C14H30N2/c1-4-7-9-15-10-12-16(13-11-15)14(6-3)8-5-2/h14H,4-13H2,1-3H3. The summed E-state index contributed by atoms with van der Waals surface area (Å²) in [5.41, 5.74) is 0. The highest BCUT2D eigenvalue weighted by molar-refractivity contribution is 4.77. The third-order valence-corrected chi connectivity index (χ3v) is 3.84. The zero-order valence-corrected chi connectivity index (χ0v) is 11.5. The van der Waals surface area contributed by atoms with Crippen LogP contribution in [-0.2, 0) is 0 Å². The van der Waals surface area contributed by atoms with E-state index in [2.05, 4.69) is 30.6 Å².